The van der Waals surface area contributed by atoms with Gasteiger partial charge in [0.15, 0.2) is 0 Å². The van der Waals surface area contributed by atoms with E-state index in [-0.39, 0.29) is 29.8 Å². The van der Waals surface area contributed by atoms with E-state index >= 15 is 0 Å². The lowest BCUT2D eigenvalue weighted by Crippen LogP contribution is -2.68. The molecule has 0 aromatic heterocycles. The lowest BCUT2D eigenvalue weighted by molar-refractivity contribution is -0.0161. The molecule has 0 radical (unpaired) electrons. The van der Waals surface area contributed by atoms with Gasteiger partial charge in [-0.1, -0.05) is 0 Å². The normalized spacial score (nSPS) is 32.5. The number of nitrogens with one attached hydrogen (secondary N) is 1. The second kappa shape index (κ2) is 4.51. The van der Waals surface area contributed by atoms with Crippen LogP contribution < -0.4 is 11.1 Å². The van der Waals surface area contributed by atoms with E-state index in [1.165, 1.54) is 6.07 Å². The van der Waals surface area contributed by atoms with Crippen LogP contribution in [0.2, 0.25) is 0 Å². The molecule has 102 valence electrons. The quantitative estimate of drug-likeness (QED) is 0.726. The molecule has 5 heteroatoms. The minimum atomic E-state index is -0.169. The Morgan fingerprint density at radius 3 is 3.05 bits per heavy atom. The molecule has 4 unspecified atom stereocenters. The second-order valence-electron chi connectivity index (χ2n) is 5.37. The average Bonchev–Trinajstić information content (AvgIpc) is 2.83. The van der Waals surface area contributed by atoms with Crippen molar-refractivity contribution in [3.8, 4) is 5.75 Å². The number of ether oxygens (including phenoxy) is 1. The van der Waals surface area contributed by atoms with E-state index < -0.39 is 0 Å². The summed E-state index contributed by atoms with van der Waals surface area (Å²) in [4.78, 5) is 12.1. The zero-order valence-corrected chi connectivity index (χ0v) is 10.8. The number of carbonyl (C=O) groups excluding carboxylic acids is 1. The van der Waals surface area contributed by atoms with Gasteiger partial charge in [0.05, 0.1) is 12.1 Å². The van der Waals surface area contributed by atoms with Gasteiger partial charge in [-0.05, 0) is 37.1 Å². The Balaban J connectivity index is 1.70. The monoisotopic (exact) mass is 262 g/mol. The molecule has 1 saturated heterocycles. The van der Waals surface area contributed by atoms with Crippen LogP contribution in [0.15, 0.2) is 18.2 Å². The summed E-state index contributed by atoms with van der Waals surface area (Å²) in [6.07, 6.45) is 1.05. The fourth-order valence-corrected chi connectivity index (χ4v) is 2.96. The zero-order chi connectivity index (χ0) is 13.6. The number of aromatic hydroxyl groups is 1. The molecule has 1 amide bonds. The number of aryl methyl sites for hydroxylation is 1. The van der Waals surface area contributed by atoms with E-state index in [0.717, 1.165) is 13.0 Å². The summed E-state index contributed by atoms with van der Waals surface area (Å²) in [6, 6.07) is 4.68. The lowest BCUT2D eigenvalue weighted by Gasteiger charge is -2.45. The van der Waals surface area contributed by atoms with Gasteiger partial charge in [0.25, 0.3) is 5.91 Å². The van der Waals surface area contributed by atoms with Gasteiger partial charge in [-0.25, -0.2) is 0 Å². The van der Waals surface area contributed by atoms with E-state index in [9.17, 15) is 9.90 Å². The maximum Gasteiger partial charge on any atom is 0.251 e. The zero-order valence-electron chi connectivity index (χ0n) is 10.8. The van der Waals surface area contributed by atoms with E-state index in [1.54, 1.807) is 19.1 Å². The first-order valence-corrected chi connectivity index (χ1v) is 6.55. The summed E-state index contributed by atoms with van der Waals surface area (Å²) in [7, 11) is 0. The Morgan fingerprint density at radius 1 is 1.53 bits per heavy atom. The van der Waals surface area contributed by atoms with Crippen LogP contribution in [-0.2, 0) is 4.74 Å². The van der Waals surface area contributed by atoms with E-state index in [0.29, 0.717) is 17.0 Å². The van der Waals surface area contributed by atoms with E-state index in [4.69, 9.17) is 10.5 Å². The number of phenolic OH excluding ortho intramolecular Hbond substituents is 1. The van der Waals surface area contributed by atoms with Crippen molar-refractivity contribution in [2.45, 2.75) is 31.5 Å². The van der Waals surface area contributed by atoms with Gasteiger partial charge in [-0.15, -0.1) is 0 Å². The first kappa shape index (κ1) is 12.4. The van der Waals surface area contributed by atoms with Crippen LogP contribution in [0.5, 0.6) is 5.75 Å². The first-order valence-electron chi connectivity index (χ1n) is 6.55. The predicted octanol–water partition coefficient (Wildman–Crippen LogP) is 0.545. The third-order valence-corrected chi connectivity index (χ3v) is 4.20. The highest BCUT2D eigenvalue weighted by molar-refractivity contribution is 5.95. The minimum absolute atomic E-state index is 0.0188. The highest BCUT2D eigenvalue weighted by Crippen LogP contribution is 2.37. The van der Waals surface area contributed by atoms with Gasteiger partial charge in [-0.2, -0.15) is 0 Å². The topological polar surface area (TPSA) is 84.6 Å². The number of benzene rings is 1. The number of hydrogen-bond acceptors (Lipinski definition) is 4. The fraction of sp³-hybridized carbons (Fsp3) is 0.500. The molecular weight excluding hydrogens is 244 g/mol. The Kier molecular flexibility index (Phi) is 2.95. The SMILES string of the molecule is Cc1cc(C(=O)NC2C(N)C3CCOC32)ccc1O. The summed E-state index contributed by atoms with van der Waals surface area (Å²) < 4.78 is 5.58. The molecule has 19 heavy (non-hydrogen) atoms. The summed E-state index contributed by atoms with van der Waals surface area (Å²) >= 11 is 0. The van der Waals surface area contributed by atoms with Gasteiger partial charge in [0.2, 0.25) is 0 Å². The van der Waals surface area contributed by atoms with Crippen molar-refractivity contribution in [2.75, 3.05) is 6.61 Å². The highest BCUT2D eigenvalue weighted by atomic mass is 16.5. The molecule has 3 rings (SSSR count). The molecule has 1 heterocycles. The Morgan fingerprint density at radius 2 is 2.32 bits per heavy atom. The number of nitrogens with two attached hydrogens (primary N) is 1. The van der Waals surface area contributed by atoms with Crippen LogP contribution >= 0.6 is 0 Å². The molecule has 5 nitrogen and oxygen atoms in total. The summed E-state index contributed by atoms with van der Waals surface area (Å²) in [5.74, 6) is 0.403. The van der Waals surface area contributed by atoms with Crippen LogP contribution in [0.1, 0.15) is 22.3 Å². The van der Waals surface area contributed by atoms with Crippen LogP contribution in [0.3, 0.4) is 0 Å². The Hall–Kier alpha value is -1.59. The number of carbonyl (C=O) groups is 1. The highest BCUT2D eigenvalue weighted by Gasteiger charge is 2.52. The largest absolute Gasteiger partial charge is 0.508 e. The van der Waals surface area contributed by atoms with Gasteiger partial charge in [-0.3, -0.25) is 4.79 Å². The van der Waals surface area contributed by atoms with Crippen molar-refractivity contribution in [1.82, 2.24) is 5.32 Å². The molecule has 2 fully saturated rings. The molecule has 2 aliphatic rings. The Labute approximate surface area is 111 Å². The van der Waals surface area contributed by atoms with E-state index in [2.05, 4.69) is 5.32 Å². The van der Waals surface area contributed by atoms with Gasteiger partial charge < -0.3 is 20.9 Å². The number of phenols is 1. The molecule has 1 aromatic carbocycles. The smallest absolute Gasteiger partial charge is 0.251 e. The average molecular weight is 262 g/mol. The van der Waals surface area contributed by atoms with Crippen molar-refractivity contribution in [3.05, 3.63) is 29.3 Å². The second-order valence-corrected chi connectivity index (χ2v) is 5.37. The maximum absolute atomic E-state index is 12.1. The molecule has 1 saturated carbocycles. The number of fused-ring (bicyclic) bond motifs is 1. The standard InChI is InChI=1S/C14H18N2O3/c1-7-6-8(2-3-10(7)17)14(18)16-12-11(15)9-4-5-19-13(9)12/h2-3,6,9,11-13,17H,4-5,15H2,1H3,(H,16,18). The van der Waals surface area contributed by atoms with Crippen LogP contribution in [-0.4, -0.2) is 35.8 Å². The third-order valence-electron chi connectivity index (χ3n) is 4.20. The molecule has 0 bridgehead atoms. The third kappa shape index (κ3) is 1.99. The summed E-state index contributed by atoms with van der Waals surface area (Å²) in [6.45, 7) is 2.49. The van der Waals surface area contributed by atoms with Crippen LogP contribution in [0.4, 0.5) is 0 Å². The molecule has 1 aromatic rings. The molecule has 0 spiro atoms. The predicted molar refractivity (Wildman–Crippen MR) is 69.9 cm³/mol. The molecule has 4 N–H and O–H groups in total. The number of amides is 1. The van der Waals surface area contributed by atoms with Crippen molar-refractivity contribution in [3.63, 3.8) is 0 Å². The Bertz CT molecular complexity index is 517. The van der Waals surface area contributed by atoms with Crippen molar-refractivity contribution < 1.29 is 14.6 Å². The first-order chi connectivity index (χ1) is 9.08. The summed E-state index contributed by atoms with van der Waals surface area (Å²) in [5, 5.41) is 12.4. The van der Waals surface area contributed by atoms with Crippen molar-refractivity contribution in [2.24, 2.45) is 11.7 Å². The number of rotatable bonds is 2. The number of hydrogen-bond donors (Lipinski definition) is 3. The van der Waals surface area contributed by atoms with Gasteiger partial charge in [0.1, 0.15) is 5.75 Å². The molecule has 1 aliphatic heterocycles. The molecule has 1 aliphatic carbocycles. The van der Waals surface area contributed by atoms with Crippen LogP contribution in [0.25, 0.3) is 0 Å². The van der Waals surface area contributed by atoms with Crippen molar-refractivity contribution >= 4 is 5.91 Å². The van der Waals surface area contributed by atoms with Gasteiger partial charge >= 0.3 is 0 Å². The van der Waals surface area contributed by atoms with E-state index in [1.807, 2.05) is 0 Å². The fourth-order valence-electron chi connectivity index (χ4n) is 2.96. The molecule has 4 atom stereocenters. The summed E-state index contributed by atoms with van der Waals surface area (Å²) in [5.41, 5.74) is 7.27. The molecular formula is C14H18N2O3. The van der Waals surface area contributed by atoms with Crippen LogP contribution in [0, 0.1) is 12.8 Å². The maximum atomic E-state index is 12.1. The van der Waals surface area contributed by atoms with Gasteiger partial charge in [0, 0.05) is 24.1 Å². The lowest BCUT2D eigenvalue weighted by atomic mass is 9.72. The minimum Gasteiger partial charge on any atom is -0.508 e. The van der Waals surface area contributed by atoms with Crippen molar-refractivity contribution in [1.29, 1.82) is 0 Å².